The number of nitrogens with zero attached hydrogens (tertiary/aromatic N) is 3. The number of hydrogen-bond acceptors (Lipinski definition) is 5. The van der Waals surface area contributed by atoms with E-state index in [-0.39, 0.29) is 0 Å². The summed E-state index contributed by atoms with van der Waals surface area (Å²) in [5.41, 5.74) is 7.91. The fourth-order valence-corrected chi connectivity index (χ4v) is 2.10. The predicted octanol–water partition coefficient (Wildman–Crippen LogP) is 3.36. The summed E-state index contributed by atoms with van der Waals surface area (Å²) in [4.78, 5) is 8.64. The van der Waals surface area contributed by atoms with Crippen LogP contribution in [0.5, 0.6) is 0 Å². The fourth-order valence-electron chi connectivity index (χ4n) is 1.94. The van der Waals surface area contributed by atoms with E-state index in [1.807, 2.05) is 38.1 Å². The van der Waals surface area contributed by atoms with E-state index in [4.69, 9.17) is 0 Å². The highest BCUT2D eigenvalue weighted by Crippen LogP contribution is 2.10. The van der Waals surface area contributed by atoms with Crippen LogP contribution in [0.15, 0.2) is 35.4 Å². The molecule has 0 fully saturated rings. The SMILES string of the molecule is CC(=NNc1nc(C)cc(CS)n1)c1ccccc1C. The van der Waals surface area contributed by atoms with Crippen LogP contribution in [0.2, 0.25) is 0 Å². The van der Waals surface area contributed by atoms with Gasteiger partial charge in [0.1, 0.15) is 0 Å². The second-order valence-electron chi connectivity index (χ2n) is 4.61. The predicted molar refractivity (Wildman–Crippen MR) is 86.5 cm³/mol. The summed E-state index contributed by atoms with van der Waals surface area (Å²) in [7, 11) is 0. The van der Waals surface area contributed by atoms with Crippen LogP contribution in [0.25, 0.3) is 0 Å². The van der Waals surface area contributed by atoms with Gasteiger partial charge in [0.05, 0.1) is 11.4 Å². The van der Waals surface area contributed by atoms with Crippen molar-refractivity contribution in [2.24, 2.45) is 5.10 Å². The summed E-state index contributed by atoms with van der Waals surface area (Å²) in [6.45, 7) is 5.96. The Hall–Kier alpha value is -1.88. The average molecular weight is 286 g/mol. The molecule has 0 saturated heterocycles. The molecule has 2 rings (SSSR count). The maximum Gasteiger partial charge on any atom is 0.243 e. The molecule has 0 aliphatic rings. The Morgan fingerprint density at radius 1 is 1.25 bits per heavy atom. The van der Waals surface area contributed by atoms with Crippen LogP contribution in [-0.2, 0) is 5.75 Å². The molecule has 1 heterocycles. The second kappa shape index (κ2) is 6.52. The lowest BCUT2D eigenvalue weighted by Gasteiger charge is -2.06. The third-order valence-electron chi connectivity index (χ3n) is 2.93. The quantitative estimate of drug-likeness (QED) is 0.515. The molecule has 0 amide bonds. The molecule has 20 heavy (non-hydrogen) atoms. The molecular weight excluding hydrogens is 268 g/mol. The van der Waals surface area contributed by atoms with E-state index in [1.165, 1.54) is 5.56 Å². The van der Waals surface area contributed by atoms with Gasteiger partial charge in [-0.2, -0.15) is 17.7 Å². The standard InChI is InChI=1S/C15H18N4S/c1-10-6-4-5-7-14(10)12(3)18-19-15-16-11(2)8-13(9-20)17-15/h4-8,20H,9H2,1-3H3,(H,16,17,19). The van der Waals surface area contributed by atoms with Gasteiger partial charge in [-0.15, -0.1) is 0 Å². The van der Waals surface area contributed by atoms with Crippen molar-refractivity contribution in [2.75, 3.05) is 5.43 Å². The largest absolute Gasteiger partial charge is 0.245 e. The minimum Gasteiger partial charge on any atom is -0.245 e. The molecule has 104 valence electrons. The first-order chi connectivity index (χ1) is 9.60. The van der Waals surface area contributed by atoms with E-state index >= 15 is 0 Å². The summed E-state index contributed by atoms with van der Waals surface area (Å²) < 4.78 is 0. The number of hydrazone groups is 1. The molecule has 0 aliphatic carbocycles. The molecule has 0 aliphatic heterocycles. The van der Waals surface area contributed by atoms with Crippen LogP contribution in [0.1, 0.15) is 29.4 Å². The van der Waals surface area contributed by atoms with E-state index < -0.39 is 0 Å². The average Bonchev–Trinajstić information content (AvgIpc) is 2.44. The number of benzene rings is 1. The van der Waals surface area contributed by atoms with Crippen molar-refractivity contribution in [3.63, 3.8) is 0 Å². The van der Waals surface area contributed by atoms with Crippen LogP contribution in [0.4, 0.5) is 5.95 Å². The second-order valence-corrected chi connectivity index (χ2v) is 4.92. The molecule has 0 spiro atoms. The molecule has 0 radical (unpaired) electrons. The van der Waals surface area contributed by atoms with Gasteiger partial charge in [0.15, 0.2) is 0 Å². The Labute approximate surface area is 124 Å². The number of anilines is 1. The van der Waals surface area contributed by atoms with Crippen molar-refractivity contribution < 1.29 is 0 Å². The lowest BCUT2D eigenvalue weighted by Crippen LogP contribution is -2.05. The van der Waals surface area contributed by atoms with Gasteiger partial charge in [-0.1, -0.05) is 24.3 Å². The van der Waals surface area contributed by atoms with Gasteiger partial charge < -0.3 is 0 Å². The molecule has 2 aromatic rings. The van der Waals surface area contributed by atoms with Gasteiger partial charge in [-0.05, 0) is 32.4 Å². The van der Waals surface area contributed by atoms with Crippen molar-refractivity contribution in [3.05, 3.63) is 52.8 Å². The van der Waals surface area contributed by atoms with E-state index in [2.05, 4.69) is 46.1 Å². The number of aryl methyl sites for hydroxylation is 2. The Morgan fingerprint density at radius 3 is 2.70 bits per heavy atom. The zero-order valence-electron chi connectivity index (χ0n) is 11.9. The molecule has 0 unspecified atom stereocenters. The first kappa shape index (κ1) is 14.5. The monoisotopic (exact) mass is 286 g/mol. The fraction of sp³-hybridized carbons (Fsp3) is 0.267. The topological polar surface area (TPSA) is 50.2 Å². The lowest BCUT2D eigenvalue weighted by atomic mass is 10.1. The zero-order chi connectivity index (χ0) is 14.5. The smallest absolute Gasteiger partial charge is 0.243 e. The molecule has 0 saturated carbocycles. The summed E-state index contributed by atoms with van der Waals surface area (Å²) in [5.74, 6) is 1.08. The van der Waals surface area contributed by atoms with E-state index in [1.54, 1.807) is 0 Å². The van der Waals surface area contributed by atoms with Crippen LogP contribution in [0, 0.1) is 13.8 Å². The summed E-state index contributed by atoms with van der Waals surface area (Å²) in [6, 6.07) is 10.0. The van der Waals surface area contributed by atoms with Gasteiger partial charge in [0, 0.05) is 17.0 Å². The maximum absolute atomic E-state index is 4.36. The van der Waals surface area contributed by atoms with Crippen molar-refractivity contribution >= 4 is 24.3 Å². The highest BCUT2D eigenvalue weighted by molar-refractivity contribution is 7.79. The first-order valence-corrected chi connectivity index (χ1v) is 7.05. The normalized spacial score (nSPS) is 11.5. The molecule has 5 heteroatoms. The summed E-state index contributed by atoms with van der Waals surface area (Å²) in [6.07, 6.45) is 0. The number of thiol groups is 1. The number of aromatic nitrogens is 2. The van der Waals surface area contributed by atoms with Gasteiger partial charge in [0.25, 0.3) is 0 Å². The minimum atomic E-state index is 0.502. The van der Waals surface area contributed by atoms with Gasteiger partial charge in [0.2, 0.25) is 5.95 Å². The van der Waals surface area contributed by atoms with E-state index in [9.17, 15) is 0 Å². The van der Waals surface area contributed by atoms with Crippen molar-refractivity contribution in [3.8, 4) is 0 Å². The highest BCUT2D eigenvalue weighted by atomic mass is 32.1. The summed E-state index contributed by atoms with van der Waals surface area (Å²) in [5, 5.41) is 4.36. The van der Waals surface area contributed by atoms with Gasteiger partial charge >= 0.3 is 0 Å². The van der Waals surface area contributed by atoms with E-state index in [0.717, 1.165) is 22.7 Å². The maximum atomic E-state index is 4.36. The van der Waals surface area contributed by atoms with Crippen LogP contribution in [0.3, 0.4) is 0 Å². The molecular formula is C15H18N4S. The van der Waals surface area contributed by atoms with Crippen molar-refractivity contribution in [1.82, 2.24) is 9.97 Å². The minimum absolute atomic E-state index is 0.502. The van der Waals surface area contributed by atoms with Crippen LogP contribution in [-0.4, -0.2) is 15.7 Å². The zero-order valence-corrected chi connectivity index (χ0v) is 12.8. The van der Waals surface area contributed by atoms with Crippen LogP contribution >= 0.6 is 12.6 Å². The highest BCUT2D eigenvalue weighted by Gasteiger charge is 2.03. The molecule has 0 atom stereocenters. The molecule has 0 bridgehead atoms. The number of hydrogen-bond donors (Lipinski definition) is 2. The lowest BCUT2D eigenvalue weighted by molar-refractivity contribution is 1.03. The first-order valence-electron chi connectivity index (χ1n) is 6.42. The molecule has 4 nitrogen and oxygen atoms in total. The van der Waals surface area contributed by atoms with Crippen molar-refractivity contribution in [2.45, 2.75) is 26.5 Å². The van der Waals surface area contributed by atoms with Crippen LogP contribution < -0.4 is 5.43 Å². The Morgan fingerprint density at radius 2 is 2.00 bits per heavy atom. The molecule has 1 N–H and O–H groups in total. The Balaban J connectivity index is 2.21. The van der Waals surface area contributed by atoms with Gasteiger partial charge in [-0.3, -0.25) is 0 Å². The number of nitrogens with one attached hydrogen (secondary N) is 1. The third-order valence-corrected chi connectivity index (χ3v) is 3.25. The van der Waals surface area contributed by atoms with Crippen molar-refractivity contribution in [1.29, 1.82) is 0 Å². The Bertz CT molecular complexity index is 638. The molecule has 1 aromatic heterocycles. The summed E-state index contributed by atoms with van der Waals surface area (Å²) >= 11 is 4.23. The van der Waals surface area contributed by atoms with E-state index in [0.29, 0.717) is 11.7 Å². The molecule has 1 aromatic carbocycles. The van der Waals surface area contributed by atoms with Gasteiger partial charge in [-0.25, -0.2) is 15.4 Å². The third kappa shape index (κ3) is 3.57. The Kier molecular flexibility index (Phi) is 4.74. The number of rotatable bonds is 4.